The van der Waals surface area contributed by atoms with Crippen LogP contribution in [0.3, 0.4) is 0 Å². The molecule has 1 aromatic carbocycles. The van der Waals surface area contributed by atoms with Gasteiger partial charge in [0.1, 0.15) is 23.6 Å². The van der Waals surface area contributed by atoms with Crippen molar-refractivity contribution in [2.24, 2.45) is 0 Å². The highest BCUT2D eigenvalue weighted by Gasteiger charge is 2.31. The van der Waals surface area contributed by atoms with E-state index in [4.69, 9.17) is 0 Å². The minimum Gasteiger partial charge on any atom is -0.353 e. The third-order valence-electron chi connectivity index (χ3n) is 4.32. The summed E-state index contributed by atoms with van der Waals surface area (Å²) in [7, 11) is 4.15. The molecule has 6 nitrogen and oxygen atoms in total. The molecule has 0 radical (unpaired) electrons. The summed E-state index contributed by atoms with van der Waals surface area (Å²) in [6.45, 7) is 1.84. The van der Waals surface area contributed by atoms with E-state index in [1.165, 1.54) is 17.1 Å². The van der Waals surface area contributed by atoms with Crippen LogP contribution in [-0.2, 0) is 0 Å². The smallest absolute Gasteiger partial charge is 0.168 e. The Labute approximate surface area is 133 Å². The van der Waals surface area contributed by atoms with Crippen molar-refractivity contribution in [2.45, 2.75) is 6.04 Å². The van der Waals surface area contributed by atoms with Crippen molar-refractivity contribution >= 4 is 16.9 Å². The summed E-state index contributed by atoms with van der Waals surface area (Å²) in [5.41, 5.74) is 1.01. The van der Waals surface area contributed by atoms with E-state index in [0.717, 1.165) is 24.3 Å². The van der Waals surface area contributed by atoms with Gasteiger partial charge in [-0.3, -0.25) is 0 Å². The minimum atomic E-state index is -0.325. The Bertz CT molecular complexity index is 853. The number of likely N-dealkylation sites (N-methyl/N-ethyl adjacent to an activating group) is 1. The number of hydrogen-bond acceptors (Lipinski definition) is 5. The Morgan fingerprint density at radius 3 is 2.70 bits per heavy atom. The molecule has 7 heteroatoms. The zero-order chi connectivity index (χ0) is 16.0. The van der Waals surface area contributed by atoms with E-state index in [9.17, 15) is 4.39 Å². The molecule has 2 aromatic heterocycles. The van der Waals surface area contributed by atoms with Crippen molar-refractivity contribution in [2.75, 3.05) is 32.1 Å². The lowest BCUT2D eigenvalue weighted by Crippen LogP contribution is -2.57. The molecule has 0 bridgehead atoms. The highest BCUT2D eigenvalue weighted by atomic mass is 19.1. The van der Waals surface area contributed by atoms with Crippen LogP contribution in [0.2, 0.25) is 0 Å². The van der Waals surface area contributed by atoms with Gasteiger partial charge in [-0.2, -0.15) is 5.10 Å². The number of hydrogen-bond donors (Lipinski definition) is 0. The van der Waals surface area contributed by atoms with Gasteiger partial charge in [-0.05, 0) is 26.2 Å². The molecule has 0 unspecified atom stereocenters. The molecule has 1 fully saturated rings. The number of benzene rings is 1. The number of aromatic nitrogens is 4. The summed E-state index contributed by atoms with van der Waals surface area (Å²) in [6, 6.07) is 7.08. The van der Waals surface area contributed by atoms with Crippen LogP contribution in [0.15, 0.2) is 36.8 Å². The molecule has 1 saturated heterocycles. The van der Waals surface area contributed by atoms with Crippen molar-refractivity contribution in [3.63, 3.8) is 0 Å². The van der Waals surface area contributed by atoms with Crippen molar-refractivity contribution in [3.05, 3.63) is 42.6 Å². The van der Waals surface area contributed by atoms with Crippen LogP contribution in [0, 0.1) is 5.82 Å². The molecule has 0 aliphatic carbocycles. The predicted molar refractivity (Wildman–Crippen MR) is 86.3 cm³/mol. The fourth-order valence-electron chi connectivity index (χ4n) is 2.84. The van der Waals surface area contributed by atoms with Crippen molar-refractivity contribution in [1.82, 2.24) is 24.6 Å². The van der Waals surface area contributed by atoms with Crippen LogP contribution in [0.25, 0.3) is 16.7 Å². The van der Waals surface area contributed by atoms with Gasteiger partial charge in [-0.1, -0.05) is 12.1 Å². The van der Waals surface area contributed by atoms with Crippen LogP contribution < -0.4 is 4.90 Å². The van der Waals surface area contributed by atoms with E-state index in [1.54, 1.807) is 24.4 Å². The highest BCUT2D eigenvalue weighted by Crippen LogP contribution is 2.28. The van der Waals surface area contributed by atoms with Gasteiger partial charge in [0.15, 0.2) is 5.65 Å². The van der Waals surface area contributed by atoms with Crippen molar-refractivity contribution in [1.29, 1.82) is 0 Å². The predicted octanol–water partition coefficient (Wildman–Crippen LogP) is 1.70. The Morgan fingerprint density at radius 1 is 1.17 bits per heavy atom. The molecule has 0 spiro atoms. The van der Waals surface area contributed by atoms with Crippen LogP contribution in [0.1, 0.15) is 0 Å². The third-order valence-corrected chi connectivity index (χ3v) is 4.32. The van der Waals surface area contributed by atoms with E-state index in [1.807, 2.05) is 0 Å². The van der Waals surface area contributed by atoms with Crippen LogP contribution in [-0.4, -0.2) is 57.9 Å². The molecule has 118 valence electrons. The van der Waals surface area contributed by atoms with Crippen molar-refractivity contribution in [3.8, 4) is 5.69 Å². The molecule has 0 N–H and O–H groups in total. The van der Waals surface area contributed by atoms with Gasteiger partial charge in [0.25, 0.3) is 0 Å². The van der Waals surface area contributed by atoms with E-state index < -0.39 is 0 Å². The van der Waals surface area contributed by atoms with Crippen molar-refractivity contribution < 1.29 is 4.39 Å². The summed E-state index contributed by atoms with van der Waals surface area (Å²) in [6.07, 6.45) is 3.22. The normalized spacial score (nSPS) is 15.4. The molecule has 0 atom stereocenters. The Hall–Kier alpha value is -2.54. The monoisotopic (exact) mass is 312 g/mol. The fourth-order valence-corrected chi connectivity index (χ4v) is 2.84. The van der Waals surface area contributed by atoms with E-state index in [0.29, 0.717) is 17.4 Å². The molecular weight excluding hydrogens is 295 g/mol. The summed E-state index contributed by atoms with van der Waals surface area (Å²) < 4.78 is 15.6. The number of anilines is 1. The first-order chi connectivity index (χ1) is 11.1. The maximum atomic E-state index is 14.0. The van der Waals surface area contributed by atoms with E-state index in [2.05, 4.69) is 39.0 Å². The second-order valence-electron chi connectivity index (χ2n) is 5.96. The molecule has 0 saturated carbocycles. The lowest BCUT2D eigenvalue weighted by atomic mass is 10.1. The van der Waals surface area contributed by atoms with Gasteiger partial charge in [-0.15, -0.1) is 0 Å². The standard InChI is InChI=1S/C16H17FN6/c1-21(2)11-8-22(9-11)15-12-7-20-23(16(12)19-10-18-15)14-6-4-3-5-13(14)17/h3-7,10-11H,8-9H2,1-2H3. The average molecular weight is 312 g/mol. The lowest BCUT2D eigenvalue weighted by Gasteiger charge is -2.43. The van der Waals surface area contributed by atoms with Crippen LogP contribution in [0.5, 0.6) is 0 Å². The Morgan fingerprint density at radius 2 is 1.96 bits per heavy atom. The van der Waals surface area contributed by atoms with Gasteiger partial charge in [0.05, 0.1) is 11.6 Å². The average Bonchev–Trinajstić information content (AvgIpc) is 2.90. The second-order valence-corrected chi connectivity index (χ2v) is 5.96. The number of halogens is 1. The molecule has 4 rings (SSSR count). The first-order valence-corrected chi connectivity index (χ1v) is 7.50. The Kier molecular flexibility index (Phi) is 3.23. The summed E-state index contributed by atoms with van der Waals surface area (Å²) in [5.74, 6) is 0.532. The number of nitrogens with zero attached hydrogens (tertiary/aromatic N) is 6. The maximum Gasteiger partial charge on any atom is 0.168 e. The zero-order valence-corrected chi connectivity index (χ0v) is 13.0. The largest absolute Gasteiger partial charge is 0.353 e. The molecule has 1 aliphatic heterocycles. The quantitative estimate of drug-likeness (QED) is 0.737. The van der Waals surface area contributed by atoms with Gasteiger partial charge in [0, 0.05) is 19.1 Å². The SMILES string of the molecule is CN(C)C1CN(c2ncnc3c2cnn3-c2ccccc2F)C1. The summed E-state index contributed by atoms with van der Waals surface area (Å²) in [4.78, 5) is 13.1. The molecular formula is C16H17FN6. The van der Waals surface area contributed by atoms with Gasteiger partial charge >= 0.3 is 0 Å². The first kappa shape index (κ1) is 14.1. The molecule has 3 aromatic rings. The third kappa shape index (κ3) is 2.24. The molecule has 1 aliphatic rings. The number of para-hydroxylation sites is 1. The van der Waals surface area contributed by atoms with E-state index >= 15 is 0 Å². The summed E-state index contributed by atoms with van der Waals surface area (Å²) in [5, 5.41) is 5.16. The minimum absolute atomic E-state index is 0.325. The highest BCUT2D eigenvalue weighted by molar-refractivity contribution is 5.88. The molecule has 0 amide bonds. The zero-order valence-electron chi connectivity index (χ0n) is 13.0. The second kappa shape index (κ2) is 5.27. The van der Waals surface area contributed by atoms with Gasteiger partial charge in [-0.25, -0.2) is 19.0 Å². The molecule has 3 heterocycles. The van der Waals surface area contributed by atoms with Gasteiger partial charge in [0.2, 0.25) is 0 Å². The van der Waals surface area contributed by atoms with Gasteiger partial charge < -0.3 is 9.80 Å². The molecule has 23 heavy (non-hydrogen) atoms. The fraction of sp³-hybridized carbons (Fsp3) is 0.312. The van der Waals surface area contributed by atoms with E-state index in [-0.39, 0.29) is 5.82 Å². The number of fused-ring (bicyclic) bond motifs is 1. The van der Waals surface area contributed by atoms with Crippen LogP contribution in [0.4, 0.5) is 10.2 Å². The maximum absolute atomic E-state index is 14.0. The topological polar surface area (TPSA) is 50.1 Å². The summed E-state index contributed by atoms with van der Waals surface area (Å²) >= 11 is 0. The first-order valence-electron chi connectivity index (χ1n) is 7.50. The lowest BCUT2D eigenvalue weighted by molar-refractivity contribution is 0.246. The number of rotatable bonds is 3. The Balaban J connectivity index is 1.75. The van der Waals surface area contributed by atoms with Crippen LogP contribution >= 0.6 is 0 Å².